The third-order valence-corrected chi connectivity index (χ3v) is 5.64. The highest BCUT2D eigenvalue weighted by Crippen LogP contribution is 2.29. The molecule has 0 bridgehead atoms. The third kappa shape index (κ3) is 6.00. The second kappa shape index (κ2) is 11.6. The van der Waals surface area contributed by atoms with Gasteiger partial charge in [0.15, 0.2) is 5.11 Å². The molecular weight excluding hydrogens is 442 g/mol. The van der Waals surface area contributed by atoms with Crippen LogP contribution >= 0.6 is 12.2 Å². The highest BCUT2D eigenvalue weighted by Gasteiger charge is 2.43. The molecule has 0 aliphatic carbocycles. The van der Waals surface area contributed by atoms with Crippen molar-refractivity contribution in [2.75, 3.05) is 44.2 Å². The summed E-state index contributed by atoms with van der Waals surface area (Å²) in [5, 5.41) is 3.23. The summed E-state index contributed by atoms with van der Waals surface area (Å²) in [5.41, 5.74) is 1.27. The van der Waals surface area contributed by atoms with Gasteiger partial charge in [0.1, 0.15) is 17.5 Å². The number of hydrogen-bond acceptors (Lipinski definition) is 6. The van der Waals surface area contributed by atoms with Gasteiger partial charge in [-0.05, 0) is 74.1 Å². The maximum absolute atomic E-state index is 13.4. The fraction of sp³-hybridized carbons (Fsp3) is 0.375. The minimum absolute atomic E-state index is 0.0220. The van der Waals surface area contributed by atoms with Crippen molar-refractivity contribution in [3.63, 3.8) is 0 Å². The lowest BCUT2D eigenvalue weighted by molar-refractivity contribution is -0.124. The normalized spacial score (nSPS) is 15.7. The molecule has 33 heavy (non-hydrogen) atoms. The molecule has 1 aliphatic rings. The molecule has 0 aromatic heterocycles. The van der Waals surface area contributed by atoms with Gasteiger partial charge in [-0.25, -0.2) is 0 Å². The Morgan fingerprint density at radius 1 is 1.06 bits per heavy atom. The molecule has 1 aliphatic heterocycles. The first-order chi connectivity index (χ1) is 16.0. The number of ether oxygens (including phenoxy) is 3. The molecule has 176 valence electrons. The summed E-state index contributed by atoms with van der Waals surface area (Å²) in [6.45, 7) is 3.51. The predicted octanol–water partition coefficient (Wildman–Crippen LogP) is 3.46. The summed E-state index contributed by atoms with van der Waals surface area (Å²) < 4.78 is 15.8. The van der Waals surface area contributed by atoms with Crippen molar-refractivity contribution < 1.29 is 23.8 Å². The number of anilines is 2. The maximum Gasteiger partial charge on any atom is 0.256 e. The lowest BCUT2D eigenvalue weighted by Crippen LogP contribution is -2.38. The van der Waals surface area contributed by atoms with Gasteiger partial charge >= 0.3 is 0 Å². The molecule has 1 atom stereocenters. The zero-order valence-electron chi connectivity index (χ0n) is 19.1. The Morgan fingerprint density at radius 2 is 1.73 bits per heavy atom. The van der Waals surface area contributed by atoms with Crippen molar-refractivity contribution in [1.29, 1.82) is 0 Å². The maximum atomic E-state index is 13.4. The van der Waals surface area contributed by atoms with E-state index in [0.717, 1.165) is 5.75 Å². The van der Waals surface area contributed by atoms with E-state index in [-0.39, 0.29) is 18.2 Å². The molecule has 1 heterocycles. The van der Waals surface area contributed by atoms with E-state index in [1.54, 1.807) is 67.7 Å². The monoisotopic (exact) mass is 471 g/mol. The Morgan fingerprint density at radius 3 is 2.33 bits per heavy atom. The summed E-state index contributed by atoms with van der Waals surface area (Å²) in [4.78, 5) is 29.5. The Kier molecular flexibility index (Phi) is 8.62. The van der Waals surface area contributed by atoms with Crippen LogP contribution in [0.2, 0.25) is 0 Å². The smallest absolute Gasteiger partial charge is 0.256 e. The molecule has 1 fully saturated rings. The number of rotatable bonds is 11. The van der Waals surface area contributed by atoms with Crippen LogP contribution < -0.4 is 19.7 Å². The number of benzene rings is 2. The Balaban J connectivity index is 1.75. The summed E-state index contributed by atoms with van der Waals surface area (Å²) in [6.07, 6.45) is 0.656. The van der Waals surface area contributed by atoms with Gasteiger partial charge in [0.05, 0.1) is 25.8 Å². The third-order valence-electron chi connectivity index (χ3n) is 5.22. The zero-order valence-corrected chi connectivity index (χ0v) is 19.9. The molecular formula is C24H29N3O5S. The summed E-state index contributed by atoms with van der Waals surface area (Å²) in [6, 6.07) is 13.5. The number of carbonyl (C=O) groups excluding carboxylic acids is 2. The Hall–Kier alpha value is -3.17. The van der Waals surface area contributed by atoms with Crippen LogP contribution in [0.25, 0.3) is 0 Å². The number of carbonyl (C=O) groups is 2. The van der Waals surface area contributed by atoms with Crippen molar-refractivity contribution >= 4 is 40.5 Å². The molecule has 3 rings (SSSR count). The lowest BCUT2D eigenvalue weighted by atomic mass is 10.1. The average molecular weight is 472 g/mol. The number of nitrogens with one attached hydrogen (secondary N) is 1. The lowest BCUT2D eigenvalue weighted by Gasteiger charge is -2.23. The molecule has 0 unspecified atom stereocenters. The molecule has 2 aromatic carbocycles. The fourth-order valence-corrected chi connectivity index (χ4v) is 4.04. The zero-order chi connectivity index (χ0) is 23.8. The Labute approximate surface area is 199 Å². The first-order valence-corrected chi connectivity index (χ1v) is 11.2. The van der Waals surface area contributed by atoms with E-state index in [1.807, 2.05) is 6.92 Å². The van der Waals surface area contributed by atoms with Gasteiger partial charge in [0, 0.05) is 25.9 Å². The summed E-state index contributed by atoms with van der Waals surface area (Å²) in [5.74, 6) is 0.906. The molecule has 2 aromatic rings. The van der Waals surface area contributed by atoms with Gasteiger partial charge in [-0.3, -0.25) is 14.5 Å². The fourth-order valence-electron chi connectivity index (χ4n) is 3.62. The molecule has 1 saturated heterocycles. The van der Waals surface area contributed by atoms with Gasteiger partial charge in [-0.1, -0.05) is 0 Å². The van der Waals surface area contributed by atoms with Crippen LogP contribution in [0.5, 0.6) is 11.5 Å². The van der Waals surface area contributed by atoms with Gasteiger partial charge in [-0.2, -0.15) is 0 Å². The second-order valence-electron chi connectivity index (χ2n) is 7.42. The predicted molar refractivity (Wildman–Crippen MR) is 131 cm³/mol. The van der Waals surface area contributed by atoms with E-state index < -0.39 is 6.04 Å². The summed E-state index contributed by atoms with van der Waals surface area (Å²) in [7, 11) is 3.20. The molecule has 2 amide bonds. The van der Waals surface area contributed by atoms with Crippen LogP contribution in [-0.2, 0) is 14.3 Å². The molecule has 9 heteroatoms. The van der Waals surface area contributed by atoms with Crippen molar-refractivity contribution in [2.45, 2.75) is 25.8 Å². The van der Waals surface area contributed by atoms with Gasteiger partial charge in [0.25, 0.3) is 5.91 Å². The first kappa shape index (κ1) is 24.5. The van der Waals surface area contributed by atoms with E-state index >= 15 is 0 Å². The standard InChI is InChI=1S/C24H29N3O5S/c1-4-32-20-10-6-17(7-11-20)25-22(28)16-21-23(29)27(18-8-12-19(31-3)13-9-18)24(33)26(21)14-5-15-30-2/h6-13,21H,4-5,14-16H2,1-3H3,(H,25,28)/t21-/m1/s1. The number of amides is 2. The van der Waals surface area contributed by atoms with E-state index in [9.17, 15) is 9.59 Å². The summed E-state index contributed by atoms with van der Waals surface area (Å²) >= 11 is 5.64. The largest absolute Gasteiger partial charge is 0.497 e. The van der Waals surface area contributed by atoms with E-state index in [0.29, 0.717) is 48.4 Å². The van der Waals surface area contributed by atoms with Crippen LogP contribution in [0, 0.1) is 0 Å². The van der Waals surface area contributed by atoms with Crippen molar-refractivity contribution in [2.24, 2.45) is 0 Å². The molecule has 8 nitrogen and oxygen atoms in total. The van der Waals surface area contributed by atoms with Crippen LogP contribution in [-0.4, -0.2) is 61.8 Å². The molecule has 0 saturated carbocycles. The minimum Gasteiger partial charge on any atom is -0.497 e. The van der Waals surface area contributed by atoms with Crippen LogP contribution in [0.4, 0.5) is 11.4 Å². The van der Waals surface area contributed by atoms with Gasteiger partial charge in [0.2, 0.25) is 5.91 Å². The van der Waals surface area contributed by atoms with Crippen molar-refractivity contribution in [3.05, 3.63) is 48.5 Å². The SMILES string of the molecule is CCOc1ccc(NC(=O)C[C@@H]2C(=O)N(c3ccc(OC)cc3)C(=S)N2CCCOC)cc1. The average Bonchev–Trinajstić information content (AvgIpc) is 3.04. The van der Waals surface area contributed by atoms with Gasteiger partial charge < -0.3 is 24.4 Å². The topological polar surface area (TPSA) is 80.3 Å². The number of methoxy groups -OCH3 is 2. The van der Waals surface area contributed by atoms with E-state index in [2.05, 4.69) is 5.32 Å². The van der Waals surface area contributed by atoms with Crippen LogP contribution in [0.1, 0.15) is 19.8 Å². The van der Waals surface area contributed by atoms with Crippen molar-refractivity contribution in [3.8, 4) is 11.5 Å². The number of hydrogen-bond donors (Lipinski definition) is 1. The van der Waals surface area contributed by atoms with Gasteiger partial charge in [-0.15, -0.1) is 0 Å². The van der Waals surface area contributed by atoms with Crippen LogP contribution in [0.3, 0.4) is 0 Å². The van der Waals surface area contributed by atoms with E-state index in [4.69, 9.17) is 26.4 Å². The van der Waals surface area contributed by atoms with E-state index in [1.165, 1.54) is 4.90 Å². The number of nitrogens with zero attached hydrogens (tertiary/aromatic N) is 2. The molecule has 0 radical (unpaired) electrons. The minimum atomic E-state index is -0.695. The second-order valence-corrected chi connectivity index (χ2v) is 7.78. The highest BCUT2D eigenvalue weighted by molar-refractivity contribution is 7.80. The quantitative estimate of drug-likeness (QED) is 0.397. The first-order valence-electron chi connectivity index (χ1n) is 10.8. The van der Waals surface area contributed by atoms with Crippen LogP contribution in [0.15, 0.2) is 48.5 Å². The Bertz CT molecular complexity index is 965. The number of thiocarbonyl (C=S) groups is 1. The highest BCUT2D eigenvalue weighted by atomic mass is 32.1. The molecule has 1 N–H and O–H groups in total. The van der Waals surface area contributed by atoms with Crippen molar-refractivity contribution in [1.82, 2.24) is 4.90 Å². The molecule has 0 spiro atoms.